The van der Waals surface area contributed by atoms with Gasteiger partial charge in [0.05, 0.1) is 23.0 Å². The summed E-state index contributed by atoms with van der Waals surface area (Å²) in [4.78, 5) is 4.35. The summed E-state index contributed by atoms with van der Waals surface area (Å²) in [5.74, 6) is -0.0855. The monoisotopic (exact) mass is 221 g/mol. The minimum absolute atomic E-state index is 0.0855. The van der Waals surface area contributed by atoms with Crippen molar-refractivity contribution in [3.8, 4) is 6.07 Å². The second kappa shape index (κ2) is 3.91. The van der Waals surface area contributed by atoms with Crippen LogP contribution in [0.3, 0.4) is 0 Å². The van der Waals surface area contributed by atoms with Crippen molar-refractivity contribution in [1.29, 1.82) is 5.26 Å². The molecule has 1 unspecified atom stereocenters. The Morgan fingerprint density at radius 2 is 2.24 bits per heavy atom. The molecule has 0 bridgehead atoms. The molecule has 1 heterocycles. The topological polar surface area (TPSA) is 41.6 Å². The number of aromatic nitrogens is 2. The highest BCUT2D eigenvalue weighted by atomic mass is 15.1. The molecule has 0 saturated heterocycles. The summed E-state index contributed by atoms with van der Waals surface area (Å²) in [7, 11) is 0. The number of benzene rings is 1. The van der Waals surface area contributed by atoms with Crippen molar-refractivity contribution < 1.29 is 0 Å². The fourth-order valence-corrected chi connectivity index (χ4v) is 2.15. The SMILES string of the molecule is N#CC1CC=CC=C1n1cnc2ccccc21. The van der Waals surface area contributed by atoms with Crippen molar-refractivity contribution in [3.63, 3.8) is 0 Å². The third-order valence-electron chi connectivity index (χ3n) is 3.02. The van der Waals surface area contributed by atoms with Gasteiger partial charge < -0.3 is 4.57 Å². The van der Waals surface area contributed by atoms with Crippen molar-refractivity contribution in [2.45, 2.75) is 6.42 Å². The zero-order valence-electron chi connectivity index (χ0n) is 9.24. The van der Waals surface area contributed by atoms with Crippen molar-refractivity contribution in [3.05, 3.63) is 48.8 Å². The Morgan fingerprint density at radius 3 is 3.12 bits per heavy atom. The van der Waals surface area contributed by atoms with Crippen LogP contribution in [0.1, 0.15) is 6.42 Å². The summed E-state index contributed by atoms with van der Waals surface area (Å²) in [6, 6.07) is 10.3. The maximum Gasteiger partial charge on any atom is 0.100 e. The first-order valence-electron chi connectivity index (χ1n) is 5.59. The predicted octanol–water partition coefficient (Wildman–Crippen LogP) is 2.98. The number of hydrogen-bond acceptors (Lipinski definition) is 2. The minimum atomic E-state index is -0.0855. The van der Waals surface area contributed by atoms with Gasteiger partial charge >= 0.3 is 0 Å². The van der Waals surface area contributed by atoms with E-state index >= 15 is 0 Å². The van der Waals surface area contributed by atoms with Gasteiger partial charge in [-0.1, -0.05) is 24.3 Å². The van der Waals surface area contributed by atoms with E-state index < -0.39 is 0 Å². The number of nitrogens with zero attached hydrogens (tertiary/aromatic N) is 3. The van der Waals surface area contributed by atoms with E-state index in [0.717, 1.165) is 23.2 Å². The summed E-state index contributed by atoms with van der Waals surface area (Å²) in [5.41, 5.74) is 3.01. The first-order valence-corrected chi connectivity index (χ1v) is 5.59. The van der Waals surface area contributed by atoms with E-state index in [1.165, 1.54) is 0 Å². The van der Waals surface area contributed by atoms with E-state index in [0.29, 0.717) is 0 Å². The Morgan fingerprint density at radius 1 is 1.35 bits per heavy atom. The minimum Gasteiger partial charge on any atom is -0.301 e. The lowest BCUT2D eigenvalue weighted by atomic mass is 9.98. The molecule has 82 valence electrons. The highest BCUT2D eigenvalue weighted by molar-refractivity contribution is 5.80. The summed E-state index contributed by atoms with van der Waals surface area (Å²) >= 11 is 0. The van der Waals surface area contributed by atoms with Crippen molar-refractivity contribution in [2.24, 2.45) is 5.92 Å². The molecule has 1 aliphatic rings. The molecule has 0 fully saturated rings. The van der Waals surface area contributed by atoms with Crippen molar-refractivity contribution in [1.82, 2.24) is 9.55 Å². The van der Waals surface area contributed by atoms with E-state index in [4.69, 9.17) is 0 Å². The first kappa shape index (κ1) is 9.86. The van der Waals surface area contributed by atoms with Crippen LogP contribution in [-0.4, -0.2) is 9.55 Å². The van der Waals surface area contributed by atoms with E-state index in [2.05, 4.69) is 11.1 Å². The summed E-state index contributed by atoms with van der Waals surface area (Å²) < 4.78 is 2.01. The molecule has 3 rings (SSSR count). The van der Waals surface area contributed by atoms with Gasteiger partial charge in [0.25, 0.3) is 0 Å². The van der Waals surface area contributed by atoms with Crippen LogP contribution in [-0.2, 0) is 0 Å². The van der Waals surface area contributed by atoms with Gasteiger partial charge in [-0.25, -0.2) is 4.98 Å². The molecule has 0 spiro atoms. The zero-order valence-corrected chi connectivity index (χ0v) is 9.24. The standard InChI is InChI=1S/C14H11N3/c15-9-11-5-1-3-7-13(11)17-10-16-12-6-2-4-8-14(12)17/h1-4,6-8,10-11H,5H2. The molecule has 1 atom stereocenters. The number of rotatable bonds is 1. The molecule has 0 saturated carbocycles. The van der Waals surface area contributed by atoms with Crippen LogP contribution in [0.25, 0.3) is 16.7 Å². The predicted molar refractivity (Wildman–Crippen MR) is 66.9 cm³/mol. The fourth-order valence-electron chi connectivity index (χ4n) is 2.15. The van der Waals surface area contributed by atoms with Gasteiger partial charge in [-0.15, -0.1) is 0 Å². The Hall–Kier alpha value is -2.34. The van der Waals surface area contributed by atoms with Gasteiger partial charge in [0.15, 0.2) is 0 Å². The van der Waals surface area contributed by atoms with Crippen molar-refractivity contribution >= 4 is 16.7 Å². The molecule has 0 radical (unpaired) electrons. The van der Waals surface area contributed by atoms with Crippen LogP contribution in [0.2, 0.25) is 0 Å². The lowest BCUT2D eigenvalue weighted by Gasteiger charge is -2.16. The molecule has 0 amide bonds. The van der Waals surface area contributed by atoms with Crippen LogP contribution in [0.4, 0.5) is 0 Å². The molecule has 0 N–H and O–H groups in total. The summed E-state index contributed by atoms with van der Waals surface area (Å²) in [6.07, 6.45) is 8.58. The Balaban J connectivity index is 2.18. The highest BCUT2D eigenvalue weighted by Crippen LogP contribution is 2.27. The Labute approximate surface area is 99.3 Å². The lowest BCUT2D eigenvalue weighted by Crippen LogP contribution is -2.08. The summed E-state index contributed by atoms with van der Waals surface area (Å²) in [5, 5.41) is 9.17. The van der Waals surface area contributed by atoms with Gasteiger partial charge in [-0.3, -0.25) is 0 Å². The van der Waals surface area contributed by atoms with Crippen LogP contribution in [0, 0.1) is 17.2 Å². The van der Waals surface area contributed by atoms with Crippen LogP contribution < -0.4 is 0 Å². The third-order valence-corrected chi connectivity index (χ3v) is 3.02. The van der Waals surface area contributed by atoms with Gasteiger partial charge in [-0.2, -0.15) is 5.26 Å². The highest BCUT2D eigenvalue weighted by Gasteiger charge is 2.17. The van der Waals surface area contributed by atoms with Crippen LogP contribution in [0.15, 0.2) is 48.8 Å². The maximum atomic E-state index is 9.17. The van der Waals surface area contributed by atoms with E-state index in [9.17, 15) is 5.26 Å². The van der Waals surface area contributed by atoms with Crippen LogP contribution in [0.5, 0.6) is 0 Å². The average molecular weight is 221 g/mol. The largest absolute Gasteiger partial charge is 0.301 e. The van der Waals surface area contributed by atoms with Crippen LogP contribution >= 0.6 is 0 Å². The summed E-state index contributed by atoms with van der Waals surface area (Å²) in [6.45, 7) is 0. The zero-order chi connectivity index (χ0) is 11.7. The number of allylic oxidation sites excluding steroid dienone is 4. The van der Waals surface area contributed by atoms with Gasteiger partial charge in [0.2, 0.25) is 0 Å². The Bertz CT molecular complexity index is 655. The molecule has 17 heavy (non-hydrogen) atoms. The number of para-hydroxylation sites is 2. The average Bonchev–Trinajstić information content (AvgIpc) is 2.82. The molecule has 1 aromatic heterocycles. The van der Waals surface area contributed by atoms with E-state index in [1.54, 1.807) is 6.33 Å². The first-order chi connectivity index (χ1) is 8.40. The number of fused-ring (bicyclic) bond motifs is 1. The van der Waals surface area contributed by atoms with Crippen molar-refractivity contribution in [2.75, 3.05) is 0 Å². The maximum absolute atomic E-state index is 9.17. The second-order valence-electron chi connectivity index (χ2n) is 4.04. The van der Waals surface area contributed by atoms with Gasteiger partial charge in [0.1, 0.15) is 6.33 Å². The molecular formula is C14H11N3. The molecular weight excluding hydrogens is 210 g/mol. The van der Waals surface area contributed by atoms with E-state index in [-0.39, 0.29) is 5.92 Å². The van der Waals surface area contributed by atoms with Gasteiger partial charge in [0, 0.05) is 5.70 Å². The van der Waals surface area contributed by atoms with Gasteiger partial charge in [-0.05, 0) is 24.6 Å². The molecule has 3 nitrogen and oxygen atoms in total. The van der Waals surface area contributed by atoms with E-state index in [1.807, 2.05) is 47.1 Å². The lowest BCUT2D eigenvalue weighted by molar-refractivity contribution is 0.805. The fraction of sp³-hybridized carbons (Fsp3) is 0.143. The molecule has 0 aliphatic heterocycles. The number of imidazole rings is 1. The quantitative estimate of drug-likeness (QED) is 0.742. The molecule has 1 aliphatic carbocycles. The number of hydrogen-bond donors (Lipinski definition) is 0. The second-order valence-corrected chi connectivity index (χ2v) is 4.04. The smallest absolute Gasteiger partial charge is 0.100 e. The third kappa shape index (κ3) is 1.55. The molecule has 2 aromatic rings. The number of nitriles is 1. The normalized spacial score (nSPS) is 19.0. The molecule has 3 heteroatoms. The molecule has 1 aromatic carbocycles. The Kier molecular flexibility index (Phi) is 2.27.